The third-order valence-electron chi connectivity index (χ3n) is 5.73. The standard InChI is InChI=1S/C26H31N3O2/c1-21-6-4-5-7-26(21)29-19-27(16-22-8-12-24(30-2)13-9-22)18-28(20-29)17-23-10-14-25(31-3)15-11-23/h4-15H,16-20H2,1-3H3. The molecule has 0 aliphatic carbocycles. The number of para-hydroxylation sites is 1. The Labute approximate surface area is 185 Å². The molecule has 4 rings (SSSR count). The van der Waals surface area contributed by atoms with Crippen molar-refractivity contribution in [3.05, 3.63) is 89.5 Å². The maximum Gasteiger partial charge on any atom is 0.118 e. The van der Waals surface area contributed by atoms with Crippen LogP contribution < -0.4 is 14.4 Å². The molecule has 3 aromatic rings. The minimum Gasteiger partial charge on any atom is -0.497 e. The van der Waals surface area contributed by atoms with Gasteiger partial charge < -0.3 is 14.4 Å². The zero-order chi connectivity index (χ0) is 21.6. The molecular formula is C26H31N3O2. The molecule has 0 amide bonds. The van der Waals surface area contributed by atoms with Gasteiger partial charge in [0.05, 0.1) is 34.2 Å². The quantitative estimate of drug-likeness (QED) is 0.555. The lowest BCUT2D eigenvalue weighted by Crippen LogP contribution is -2.54. The van der Waals surface area contributed by atoms with Crippen molar-refractivity contribution >= 4 is 5.69 Å². The fraction of sp³-hybridized carbons (Fsp3) is 0.308. The van der Waals surface area contributed by atoms with Crippen LogP contribution in [0.3, 0.4) is 0 Å². The molecule has 0 unspecified atom stereocenters. The normalized spacial score (nSPS) is 15.1. The van der Waals surface area contributed by atoms with E-state index in [1.165, 1.54) is 22.4 Å². The first kappa shape index (κ1) is 21.2. The number of ether oxygens (including phenoxy) is 2. The van der Waals surface area contributed by atoms with Gasteiger partial charge in [0.25, 0.3) is 0 Å². The van der Waals surface area contributed by atoms with E-state index in [1.807, 2.05) is 24.3 Å². The van der Waals surface area contributed by atoms with Crippen LogP contribution in [0.4, 0.5) is 5.69 Å². The highest BCUT2D eigenvalue weighted by molar-refractivity contribution is 5.53. The van der Waals surface area contributed by atoms with E-state index in [-0.39, 0.29) is 0 Å². The SMILES string of the molecule is COc1ccc(CN2CN(Cc3ccc(OC)cc3)CN(c3ccccc3C)C2)cc1. The predicted molar refractivity (Wildman–Crippen MR) is 125 cm³/mol. The molecule has 1 saturated heterocycles. The second-order valence-electron chi connectivity index (χ2n) is 8.10. The summed E-state index contributed by atoms with van der Waals surface area (Å²) in [6, 6.07) is 25.4. The second kappa shape index (κ2) is 9.86. The Morgan fingerprint density at radius 3 is 1.58 bits per heavy atom. The molecule has 31 heavy (non-hydrogen) atoms. The van der Waals surface area contributed by atoms with Gasteiger partial charge in [0.2, 0.25) is 0 Å². The number of methoxy groups -OCH3 is 2. The maximum absolute atomic E-state index is 5.31. The Bertz CT molecular complexity index is 915. The lowest BCUT2D eigenvalue weighted by molar-refractivity contribution is 0.0762. The molecule has 0 radical (unpaired) electrons. The van der Waals surface area contributed by atoms with E-state index in [0.29, 0.717) is 0 Å². The highest BCUT2D eigenvalue weighted by Gasteiger charge is 2.24. The van der Waals surface area contributed by atoms with E-state index in [1.54, 1.807) is 14.2 Å². The van der Waals surface area contributed by atoms with E-state index >= 15 is 0 Å². The van der Waals surface area contributed by atoms with Crippen molar-refractivity contribution in [1.29, 1.82) is 0 Å². The van der Waals surface area contributed by atoms with Gasteiger partial charge in [-0.2, -0.15) is 0 Å². The van der Waals surface area contributed by atoms with Gasteiger partial charge in [-0.25, -0.2) is 0 Å². The van der Waals surface area contributed by atoms with E-state index < -0.39 is 0 Å². The predicted octanol–water partition coefficient (Wildman–Crippen LogP) is 4.71. The zero-order valence-electron chi connectivity index (χ0n) is 18.6. The van der Waals surface area contributed by atoms with Crippen molar-refractivity contribution in [3.8, 4) is 11.5 Å². The number of rotatable bonds is 7. The van der Waals surface area contributed by atoms with Gasteiger partial charge in [-0.1, -0.05) is 42.5 Å². The minimum absolute atomic E-state index is 0.894. The summed E-state index contributed by atoms with van der Waals surface area (Å²) in [7, 11) is 3.41. The average molecular weight is 418 g/mol. The molecule has 1 aliphatic heterocycles. The van der Waals surface area contributed by atoms with Crippen LogP contribution in [0.2, 0.25) is 0 Å². The second-order valence-corrected chi connectivity index (χ2v) is 8.10. The summed E-state index contributed by atoms with van der Waals surface area (Å²) in [4.78, 5) is 7.44. The molecule has 0 spiro atoms. The molecule has 5 heteroatoms. The van der Waals surface area contributed by atoms with Crippen LogP contribution in [-0.4, -0.2) is 44.0 Å². The fourth-order valence-corrected chi connectivity index (χ4v) is 4.15. The monoisotopic (exact) mass is 417 g/mol. The van der Waals surface area contributed by atoms with Crippen molar-refractivity contribution in [2.45, 2.75) is 20.0 Å². The molecule has 1 heterocycles. The largest absolute Gasteiger partial charge is 0.497 e. The molecule has 162 valence electrons. The Hall–Kier alpha value is -3.02. The molecule has 5 nitrogen and oxygen atoms in total. The van der Waals surface area contributed by atoms with E-state index in [9.17, 15) is 0 Å². The molecule has 1 aliphatic rings. The Morgan fingerprint density at radius 2 is 1.13 bits per heavy atom. The fourth-order valence-electron chi connectivity index (χ4n) is 4.15. The molecular weight excluding hydrogens is 386 g/mol. The lowest BCUT2D eigenvalue weighted by Gasteiger charge is -2.44. The number of anilines is 1. The summed E-state index contributed by atoms with van der Waals surface area (Å²) < 4.78 is 10.6. The third-order valence-corrected chi connectivity index (χ3v) is 5.73. The van der Waals surface area contributed by atoms with Crippen LogP contribution in [0.1, 0.15) is 16.7 Å². The molecule has 1 fully saturated rings. The number of aryl methyl sites for hydroxylation is 1. The maximum atomic E-state index is 5.31. The number of benzene rings is 3. The minimum atomic E-state index is 0.894. The summed E-state index contributed by atoms with van der Waals surface area (Å²) in [5, 5.41) is 0. The van der Waals surface area contributed by atoms with Crippen LogP contribution in [0, 0.1) is 6.92 Å². The van der Waals surface area contributed by atoms with E-state index in [4.69, 9.17) is 9.47 Å². The highest BCUT2D eigenvalue weighted by Crippen LogP contribution is 2.25. The first-order valence-corrected chi connectivity index (χ1v) is 10.7. The molecule has 0 aromatic heterocycles. The van der Waals surface area contributed by atoms with Crippen molar-refractivity contribution in [2.75, 3.05) is 39.1 Å². The summed E-state index contributed by atoms with van der Waals surface area (Å²) in [6.45, 7) is 6.69. The van der Waals surface area contributed by atoms with Gasteiger partial charge in [0.1, 0.15) is 11.5 Å². The number of nitrogens with zero attached hydrogens (tertiary/aromatic N) is 3. The number of hydrogen-bond donors (Lipinski definition) is 0. The Morgan fingerprint density at radius 1 is 0.645 bits per heavy atom. The van der Waals surface area contributed by atoms with Gasteiger partial charge in [0.15, 0.2) is 0 Å². The first-order chi connectivity index (χ1) is 15.1. The third kappa shape index (κ3) is 5.37. The van der Waals surface area contributed by atoms with Crippen LogP contribution in [0.25, 0.3) is 0 Å². The number of hydrogen-bond acceptors (Lipinski definition) is 5. The van der Waals surface area contributed by atoms with Crippen molar-refractivity contribution in [1.82, 2.24) is 9.80 Å². The molecule has 0 atom stereocenters. The summed E-state index contributed by atoms with van der Waals surface area (Å²) >= 11 is 0. The summed E-state index contributed by atoms with van der Waals surface area (Å²) in [6.07, 6.45) is 0. The van der Waals surface area contributed by atoms with Gasteiger partial charge >= 0.3 is 0 Å². The van der Waals surface area contributed by atoms with Gasteiger partial charge in [0, 0.05) is 18.8 Å². The zero-order valence-corrected chi connectivity index (χ0v) is 18.6. The van der Waals surface area contributed by atoms with Crippen LogP contribution in [0.5, 0.6) is 11.5 Å². The van der Waals surface area contributed by atoms with Crippen molar-refractivity contribution in [3.63, 3.8) is 0 Å². The van der Waals surface area contributed by atoms with Crippen LogP contribution in [-0.2, 0) is 13.1 Å². The lowest BCUT2D eigenvalue weighted by atomic mass is 10.1. The molecule has 0 N–H and O–H groups in total. The molecule has 0 bridgehead atoms. The highest BCUT2D eigenvalue weighted by atomic mass is 16.5. The molecule has 3 aromatic carbocycles. The van der Waals surface area contributed by atoms with Gasteiger partial charge in [-0.15, -0.1) is 0 Å². The van der Waals surface area contributed by atoms with Crippen molar-refractivity contribution in [2.24, 2.45) is 0 Å². The average Bonchev–Trinajstić information content (AvgIpc) is 2.80. The van der Waals surface area contributed by atoms with Gasteiger partial charge in [-0.3, -0.25) is 9.80 Å². The van der Waals surface area contributed by atoms with Crippen molar-refractivity contribution < 1.29 is 9.47 Å². The summed E-state index contributed by atoms with van der Waals surface area (Å²) in [5.74, 6) is 1.79. The Kier molecular flexibility index (Phi) is 6.75. The van der Waals surface area contributed by atoms with Gasteiger partial charge in [-0.05, 0) is 53.9 Å². The topological polar surface area (TPSA) is 28.2 Å². The van der Waals surface area contributed by atoms with E-state index in [0.717, 1.165) is 44.6 Å². The van der Waals surface area contributed by atoms with Crippen LogP contribution >= 0.6 is 0 Å². The molecule has 0 saturated carbocycles. The smallest absolute Gasteiger partial charge is 0.118 e. The first-order valence-electron chi connectivity index (χ1n) is 10.7. The van der Waals surface area contributed by atoms with Crippen LogP contribution in [0.15, 0.2) is 72.8 Å². The Balaban J connectivity index is 1.53. The summed E-state index contributed by atoms with van der Waals surface area (Å²) in [5.41, 5.74) is 5.17. The van der Waals surface area contributed by atoms with E-state index in [2.05, 4.69) is 70.2 Å².